The molecule has 3 nitrogen and oxygen atoms in total. The van der Waals surface area contributed by atoms with Gasteiger partial charge in [-0.2, -0.15) is 0 Å². The molecule has 0 aliphatic heterocycles. The van der Waals surface area contributed by atoms with Crippen LogP contribution in [0.1, 0.15) is 11.3 Å². The lowest BCUT2D eigenvalue weighted by Gasteiger charge is -2.04. The smallest absolute Gasteiger partial charge is 0.174 e. The van der Waals surface area contributed by atoms with Gasteiger partial charge in [0.05, 0.1) is 11.4 Å². The second-order valence-corrected chi connectivity index (χ2v) is 5.03. The Bertz CT molecular complexity index is 795. The molecule has 0 fully saturated rings. The van der Waals surface area contributed by atoms with Crippen LogP contribution in [0.4, 0.5) is 4.39 Å². The quantitative estimate of drug-likeness (QED) is 0.784. The molecule has 0 saturated heterocycles. The first-order chi connectivity index (χ1) is 9.61. The predicted molar refractivity (Wildman–Crippen MR) is 78.2 cm³/mol. The highest BCUT2D eigenvalue weighted by Crippen LogP contribution is 2.28. The number of hydrogen-bond donors (Lipinski definition) is 1. The fourth-order valence-corrected chi connectivity index (χ4v) is 2.42. The van der Waals surface area contributed by atoms with Gasteiger partial charge in [-0.15, -0.1) is 0 Å². The second kappa shape index (κ2) is 4.89. The molecule has 0 amide bonds. The first kappa shape index (κ1) is 13.1. The molecular weight excluding hydrogens is 277 g/mol. The number of hydrogen-bond acceptors (Lipinski definition) is 2. The van der Waals surface area contributed by atoms with E-state index in [4.69, 9.17) is 17.3 Å². The van der Waals surface area contributed by atoms with Crippen LogP contribution in [0.2, 0.25) is 5.02 Å². The third kappa shape index (κ3) is 1.97. The van der Waals surface area contributed by atoms with Crippen molar-refractivity contribution in [2.24, 2.45) is 5.73 Å². The van der Waals surface area contributed by atoms with Crippen LogP contribution in [0, 0.1) is 12.7 Å². The van der Waals surface area contributed by atoms with Crippen LogP contribution in [-0.4, -0.2) is 9.38 Å². The lowest BCUT2D eigenvalue weighted by Crippen LogP contribution is -2.02. The number of nitrogens with zero attached hydrogens (tertiary/aromatic N) is 2. The maximum atomic E-state index is 13.8. The van der Waals surface area contributed by atoms with E-state index in [0.29, 0.717) is 10.7 Å². The second-order valence-electron chi connectivity index (χ2n) is 4.62. The van der Waals surface area contributed by atoms with E-state index in [0.717, 1.165) is 16.8 Å². The van der Waals surface area contributed by atoms with Crippen molar-refractivity contribution >= 4 is 17.2 Å². The summed E-state index contributed by atoms with van der Waals surface area (Å²) in [4.78, 5) is 4.39. The summed E-state index contributed by atoms with van der Waals surface area (Å²) < 4.78 is 15.5. The van der Waals surface area contributed by atoms with Crippen LogP contribution in [-0.2, 0) is 6.54 Å². The Morgan fingerprint density at radius 3 is 2.85 bits per heavy atom. The molecule has 5 heteroatoms. The normalized spacial score (nSPS) is 11.2. The molecule has 2 heterocycles. The van der Waals surface area contributed by atoms with Gasteiger partial charge in [-0.25, -0.2) is 9.37 Å². The number of fused-ring (bicyclic) bond motifs is 1. The van der Waals surface area contributed by atoms with Crippen molar-refractivity contribution < 1.29 is 4.39 Å². The average Bonchev–Trinajstić information content (AvgIpc) is 2.82. The van der Waals surface area contributed by atoms with Crippen LogP contribution in [0.3, 0.4) is 0 Å². The summed E-state index contributed by atoms with van der Waals surface area (Å²) in [5.74, 6) is -0.362. The molecule has 102 valence electrons. The summed E-state index contributed by atoms with van der Waals surface area (Å²) >= 11 is 6.04. The van der Waals surface area contributed by atoms with Gasteiger partial charge < -0.3 is 5.73 Å². The van der Waals surface area contributed by atoms with E-state index in [1.807, 2.05) is 25.1 Å². The maximum Gasteiger partial charge on any atom is 0.174 e. The van der Waals surface area contributed by atoms with Gasteiger partial charge in [-0.1, -0.05) is 17.7 Å². The minimum Gasteiger partial charge on any atom is -0.325 e. The Balaban J connectivity index is 2.30. The molecule has 0 aliphatic carbocycles. The van der Waals surface area contributed by atoms with Gasteiger partial charge in [0.2, 0.25) is 0 Å². The topological polar surface area (TPSA) is 43.3 Å². The zero-order valence-electron chi connectivity index (χ0n) is 10.9. The molecule has 0 aliphatic rings. The molecule has 0 unspecified atom stereocenters. The Morgan fingerprint density at radius 1 is 1.35 bits per heavy atom. The Kier molecular flexibility index (Phi) is 3.20. The van der Waals surface area contributed by atoms with Gasteiger partial charge in [0.15, 0.2) is 11.5 Å². The highest BCUT2D eigenvalue weighted by atomic mass is 35.5. The number of imidazole rings is 1. The van der Waals surface area contributed by atoms with E-state index >= 15 is 0 Å². The van der Waals surface area contributed by atoms with Crippen LogP contribution >= 0.6 is 11.6 Å². The number of halogens is 2. The largest absolute Gasteiger partial charge is 0.325 e. The van der Waals surface area contributed by atoms with Crippen molar-refractivity contribution in [2.45, 2.75) is 13.5 Å². The SMILES string of the molecule is Cc1cc(-c2nc3c(F)cccn3c2CN)ccc1Cl. The summed E-state index contributed by atoms with van der Waals surface area (Å²) in [6.45, 7) is 2.20. The minimum atomic E-state index is -0.362. The van der Waals surface area contributed by atoms with E-state index in [1.54, 1.807) is 16.7 Å². The van der Waals surface area contributed by atoms with E-state index in [2.05, 4.69) is 4.98 Å². The molecule has 0 radical (unpaired) electrons. The minimum absolute atomic E-state index is 0.279. The third-order valence-electron chi connectivity index (χ3n) is 3.33. The summed E-state index contributed by atoms with van der Waals surface area (Å²) in [5, 5.41) is 0.693. The molecule has 0 bridgehead atoms. The zero-order valence-corrected chi connectivity index (χ0v) is 11.7. The fourth-order valence-electron chi connectivity index (χ4n) is 2.30. The van der Waals surface area contributed by atoms with Crippen molar-refractivity contribution in [2.75, 3.05) is 0 Å². The lowest BCUT2D eigenvalue weighted by atomic mass is 10.1. The lowest BCUT2D eigenvalue weighted by molar-refractivity contribution is 0.629. The van der Waals surface area contributed by atoms with Crippen molar-refractivity contribution in [3.8, 4) is 11.3 Å². The van der Waals surface area contributed by atoms with Crippen molar-refractivity contribution in [3.63, 3.8) is 0 Å². The highest BCUT2D eigenvalue weighted by molar-refractivity contribution is 6.31. The molecule has 1 aromatic carbocycles. The van der Waals surface area contributed by atoms with Crippen molar-refractivity contribution in [3.05, 3.63) is 58.6 Å². The van der Waals surface area contributed by atoms with E-state index in [9.17, 15) is 4.39 Å². The number of aromatic nitrogens is 2. The Hall–Kier alpha value is -1.91. The molecule has 3 aromatic rings. The average molecular weight is 290 g/mol. The summed E-state index contributed by atoms with van der Waals surface area (Å²) in [5.41, 5.74) is 9.40. The number of aryl methyl sites for hydroxylation is 1. The number of pyridine rings is 1. The van der Waals surface area contributed by atoms with Crippen molar-refractivity contribution in [1.29, 1.82) is 0 Å². The van der Waals surface area contributed by atoms with Gasteiger partial charge in [0.1, 0.15) is 0 Å². The monoisotopic (exact) mass is 289 g/mol. The van der Waals surface area contributed by atoms with E-state index in [-0.39, 0.29) is 18.0 Å². The van der Waals surface area contributed by atoms with Crippen LogP contribution in [0.5, 0.6) is 0 Å². The maximum absolute atomic E-state index is 13.8. The first-order valence-corrected chi connectivity index (χ1v) is 6.61. The van der Waals surface area contributed by atoms with Gasteiger partial charge in [-0.3, -0.25) is 4.40 Å². The number of benzene rings is 1. The molecular formula is C15H13ClFN3. The molecule has 0 spiro atoms. The Labute approximate surface area is 120 Å². The predicted octanol–water partition coefficient (Wildman–Crippen LogP) is 3.56. The van der Waals surface area contributed by atoms with Gasteiger partial charge in [0, 0.05) is 23.3 Å². The molecule has 0 atom stereocenters. The first-order valence-electron chi connectivity index (χ1n) is 6.24. The van der Waals surface area contributed by atoms with Crippen molar-refractivity contribution in [1.82, 2.24) is 9.38 Å². The molecule has 3 rings (SSSR count). The van der Waals surface area contributed by atoms with E-state index < -0.39 is 0 Å². The fraction of sp³-hybridized carbons (Fsp3) is 0.133. The summed E-state index contributed by atoms with van der Waals surface area (Å²) in [6.07, 6.45) is 1.76. The molecule has 0 saturated carbocycles. The summed E-state index contributed by atoms with van der Waals surface area (Å²) in [7, 11) is 0. The van der Waals surface area contributed by atoms with E-state index in [1.165, 1.54) is 6.07 Å². The van der Waals surface area contributed by atoms with Gasteiger partial charge in [-0.05, 0) is 36.8 Å². The third-order valence-corrected chi connectivity index (χ3v) is 3.75. The van der Waals surface area contributed by atoms with Crippen LogP contribution < -0.4 is 5.73 Å². The number of nitrogens with two attached hydrogens (primary N) is 1. The number of rotatable bonds is 2. The standard InChI is InChI=1S/C15H13ClFN3/c1-9-7-10(4-5-11(9)16)14-13(8-18)20-6-2-3-12(17)15(20)19-14/h2-7H,8,18H2,1H3. The molecule has 2 aromatic heterocycles. The van der Waals surface area contributed by atoms with Gasteiger partial charge >= 0.3 is 0 Å². The van der Waals surface area contributed by atoms with Crippen LogP contribution in [0.15, 0.2) is 36.5 Å². The van der Waals surface area contributed by atoms with Gasteiger partial charge in [0.25, 0.3) is 0 Å². The highest BCUT2D eigenvalue weighted by Gasteiger charge is 2.15. The zero-order chi connectivity index (χ0) is 14.3. The van der Waals surface area contributed by atoms with Crippen LogP contribution in [0.25, 0.3) is 16.9 Å². The Morgan fingerprint density at radius 2 is 2.15 bits per heavy atom. The summed E-state index contributed by atoms with van der Waals surface area (Å²) in [6, 6.07) is 8.64. The molecule has 20 heavy (non-hydrogen) atoms. The molecule has 2 N–H and O–H groups in total.